The van der Waals surface area contributed by atoms with E-state index in [0.717, 1.165) is 18.2 Å². The number of carbonyl (C=O) groups is 2. The van der Waals surface area contributed by atoms with Gasteiger partial charge in [-0.25, -0.2) is 0 Å². The third-order valence-electron chi connectivity index (χ3n) is 6.45. The minimum absolute atomic E-state index is 0.119. The Morgan fingerprint density at radius 2 is 1.60 bits per heavy atom. The molecule has 2 N–H and O–H groups in total. The van der Waals surface area contributed by atoms with Crippen LogP contribution in [-0.4, -0.2) is 62.0 Å². The molecule has 2 aromatic carbocycles. The van der Waals surface area contributed by atoms with Gasteiger partial charge in [0.2, 0.25) is 11.8 Å². The maximum atomic E-state index is 13.9. The Labute approximate surface area is 227 Å². The van der Waals surface area contributed by atoms with E-state index in [-0.39, 0.29) is 31.1 Å². The summed E-state index contributed by atoms with van der Waals surface area (Å²) in [5, 5.41) is 5.78. The fourth-order valence-corrected chi connectivity index (χ4v) is 4.26. The predicted molar refractivity (Wildman–Crippen MR) is 135 cm³/mol. The Hall–Kier alpha value is -3.48. The van der Waals surface area contributed by atoms with Gasteiger partial charge in [-0.2, -0.15) is 13.2 Å². The van der Waals surface area contributed by atoms with Gasteiger partial charge in [-0.3, -0.25) is 9.59 Å². The minimum atomic E-state index is -4.83. The van der Waals surface area contributed by atoms with Crippen molar-refractivity contribution in [3.8, 4) is 5.75 Å². The molecule has 0 radical (unpaired) electrons. The number of anilines is 1. The van der Waals surface area contributed by atoms with E-state index in [0.29, 0.717) is 18.9 Å². The molecule has 2 aromatic rings. The van der Waals surface area contributed by atoms with Crippen LogP contribution in [0.25, 0.3) is 0 Å². The summed E-state index contributed by atoms with van der Waals surface area (Å²) in [6, 6.07) is 9.08. The first kappa shape index (κ1) is 31.1. The van der Waals surface area contributed by atoms with Crippen LogP contribution in [0.5, 0.6) is 5.75 Å². The number of ether oxygens (including phenoxy) is 2. The SMILES string of the molecule is CC(C)[C@@H](CNc1ccc(OC(F)(F)F)cc1)NC(=O)[C@@H](CC(=O)N1CCOCC1)c1ccccc1C(F)(F)F. The molecule has 2 atom stereocenters. The van der Waals surface area contributed by atoms with Crippen LogP contribution < -0.4 is 15.4 Å². The molecule has 1 heterocycles. The topological polar surface area (TPSA) is 79.9 Å². The van der Waals surface area contributed by atoms with Crippen molar-refractivity contribution in [2.75, 3.05) is 38.2 Å². The molecule has 1 saturated heterocycles. The lowest BCUT2D eigenvalue weighted by Gasteiger charge is -2.30. The van der Waals surface area contributed by atoms with Crippen molar-refractivity contribution in [3.05, 3.63) is 59.7 Å². The van der Waals surface area contributed by atoms with E-state index < -0.39 is 54.0 Å². The lowest BCUT2D eigenvalue weighted by atomic mass is 9.89. The lowest BCUT2D eigenvalue weighted by Crippen LogP contribution is -2.47. The average molecular weight is 576 g/mol. The third-order valence-corrected chi connectivity index (χ3v) is 6.45. The maximum Gasteiger partial charge on any atom is 0.573 e. The van der Waals surface area contributed by atoms with Crippen LogP contribution in [0.15, 0.2) is 48.5 Å². The molecule has 2 amide bonds. The van der Waals surface area contributed by atoms with Gasteiger partial charge in [-0.15, -0.1) is 13.2 Å². The quantitative estimate of drug-likeness (QED) is 0.382. The number of benzene rings is 2. The van der Waals surface area contributed by atoms with Gasteiger partial charge in [0.15, 0.2) is 0 Å². The van der Waals surface area contributed by atoms with Crippen LogP contribution >= 0.6 is 0 Å². The molecule has 7 nitrogen and oxygen atoms in total. The Balaban J connectivity index is 1.78. The van der Waals surface area contributed by atoms with E-state index in [1.54, 1.807) is 13.8 Å². The van der Waals surface area contributed by atoms with Crippen LogP contribution in [0.3, 0.4) is 0 Å². The van der Waals surface area contributed by atoms with Gasteiger partial charge in [-0.1, -0.05) is 32.0 Å². The Morgan fingerprint density at radius 3 is 2.17 bits per heavy atom. The molecule has 0 unspecified atom stereocenters. The summed E-state index contributed by atoms with van der Waals surface area (Å²) in [4.78, 5) is 28.0. The molecule has 0 spiro atoms. The van der Waals surface area contributed by atoms with E-state index in [4.69, 9.17) is 4.74 Å². The summed E-state index contributed by atoms with van der Waals surface area (Å²) < 4.78 is 87.9. The Bertz CT molecular complexity index is 1130. The first-order chi connectivity index (χ1) is 18.7. The van der Waals surface area contributed by atoms with E-state index in [2.05, 4.69) is 15.4 Å². The number of nitrogens with zero attached hydrogens (tertiary/aromatic N) is 1. The van der Waals surface area contributed by atoms with Crippen molar-refractivity contribution >= 4 is 17.5 Å². The van der Waals surface area contributed by atoms with E-state index in [1.807, 2.05) is 0 Å². The zero-order valence-corrected chi connectivity index (χ0v) is 21.9. The zero-order valence-electron chi connectivity index (χ0n) is 21.9. The Kier molecular flexibility index (Phi) is 10.3. The third kappa shape index (κ3) is 9.04. The summed E-state index contributed by atoms with van der Waals surface area (Å²) >= 11 is 0. The van der Waals surface area contributed by atoms with Gasteiger partial charge in [0.1, 0.15) is 5.75 Å². The van der Waals surface area contributed by atoms with Crippen molar-refractivity contribution in [1.29, 1.82) is 0 Å². The number of morpholine rings is 1. The fraction of sp³-hybridized carbons (Fsp3) is 0.481. The van der Waals surface area contributed by atoms with Crippen molar-refractivity contribution in [2.24, 2.45) is 5.92 Å². The monoisotopic (exact) mass is 575 g/mol. The summed E-state index contributed by atoms with van der Waals surface area (Å²) in [6.07, 6.45) is -10.0. The van der Waals surface area contributed by atoms with E-state index in [9.17, 15) is 35.9 Å². The van der Waals surface area contributed by atoms with Gasteiger partial charge in [-0.05, 0) is 41.8 Å². The normalized spacial score (nSPS) is 15.9. The van der Waals surface area contributed by atoms with Gasteiger partial charge < -0.3 is 25.0 Å². The molecule has 1 aliphatic heterocycles. The summed E-state index contributed by atoms with van der Waals surface area (Å²) in [6.45, 7) is 4.86. The van der Waals surface area contributed by atoms with Crippen LogP contribution in [0.2, 0.25) is 0 Å². The maximum absolute atomic E-state index is 13.9. The van der Waals surface area contributed by atoms with Crippen LogP contribution in [0.1, 0.15) is 37.3 Å². The highest BCUT2D eigenvalue weighted by atomic mass is 19.4. The number of rotatable bonds is 10. The fourth-order valence-electron chi connectivity index (χ4n) is 4.26. The number of halogens is 6. The van der Waals surface area contributed by atoms with Gasteiger partial charge in [0.25, 0.3) is 0 Å². The highest BCUT2D eigenvalue weighted by molar-refractivity contribution is 5.90. The standard InChI is InChI=1S/C27H31F6N3O4/c1-17(2)23(16-34-18-7-9-19(10-8-18)40-27(31,32)33)35-25(38)21(15-24(37)36-11-13-39-14-12-36)20-5-3-4-6-22(20)26(28,29)30/h3-10,17,21,23,34H,11-16H2,1-2H3,(H,35,38)/t21-,23+/m0/s1. The second-order valence-electron chi connectivity index (χ2n) is 9.65. The number of amides is 2. The lowest BCUT2D eigenvalue weighted by molar-refractivity contribution is -0.274. The summed E-state index contributed by atoms with van der Waals surface area (Å²) in [5.41, 5.74) is -0.856. The number of alkyl halides is 6. The van der Waals surface area contributed by atoms with E-state index >= 15 is 0 Å². The molecule has 3 rings (SSSR count). The van der Waals surface area contributed by atoms with Crippen LogP contribution in [0, 0.1) is 5.92 Å². The molecule has 40 heavy (non-hydrogen) atoms. The molecule has 1 fully saturated rings. The first-order valence-electron chi connectivity index (χ1n) is 12.7. The molecule has 1 aliphatic rings. The predicted octanol–water partition coefficient (Wildman–Crippen LogP) is 5.19. The second-order valence-corrected chi connectivity index (χ2v) is 9.65. The van der Waals surface area contributed by atoms with Crippen molar-refractivity contribution < 1.29 is 45.4 Å². The molecule has 13 heteroatoms. The van der Waals surface area contributed by atoms with Crippen molar-refractivity contribution in [2.45, 2.75) is 44.8 Å². The summed E-state index contributed by atoms with van der Waals surface area (Å²) in [5.74, 6) is -3.19. The molecule has 220 valence electrons. The second kappa shape index (κ2) is 13.2. The first-order valence-corrected chi connectivity index (χ1v) is 12.7. The Morgan fingerprint density at radius 1 is 0.975 bits per heavy atom. The number of carbonyl (C=O) groups excluding carboxylic acids is 2. The zero-order chi connectivity index (χ0) is 29.5. The number of hydrogen-bond donors (Lipinski definition) is 2. The highest BCUT2D eigenvalue weighted by Crippen LogP contribution is 2.37. The molecule has 0 aliphatic carbocycles. The smallest absolute Gasteiger partial charge is 0.406 e. The highest BCUT2D eigenvalue weighted by Gasteiger charge is 2.38. The van der Waals surface area contributed by atoms with Crippen LogP contribution in [-0.2, 0) is 20.5 Å². The average Bonchev–Trinajstić information content (AvgIpc) is 2.89. The van der Waals surface area contributed by atoms with Gasteiger partial charge in [0, 0.05) is 37.8 Å². The molecular weight excluding hydrogens is 544 g/mol. The number of hydrogen-bond acceptors (Lipinski definition) is 5. The van der Waals surface area contributed by atoms with Crippen molar-refractivity contribution in [1.82, 2.24) is 10.2 Å². The molecular formula is C27H31F6N3O4. The van der Waals surface area contributed by atoms with Crippen LogP contribution in [0.4, 0.5) is 32.0 Å². The number of nitrogens with one attached hydrogen (secondary N) is 2. The molecule has 0 saturated carbocycles. The van der Waals surface area contributed by atoms with E-state index in [1.165, 1.54) is 35.2 Å². The van der Waals surface area contributed by atoms with Crippen molar-refractivity contribution in [3.63, 3.8) is 0 Å². The minimum Gasteiger partial charge on any atom is -0.406 e. The van der Waals surface area contributed by atoms with Gasteiger partial charge in [0.05, 0.1) is 24.7 Å². The molecule has 0 aromatic heterocycles. The largest absolute Gasteiger partial charge is 0.573 e. The molecule has 0 bridgehead atoms. The summed E-state index contributed by atoms with van der Waals surface area (Å²) in [7, 11) is 0. The van der Waals surface area contributed by atoms with Gasteiger partial charge >= 0.3 is 12.5 Å².